The minimum Gasteiger partial charge on any atom is -0.355 e. The smallest absolute Gasteiger partial charge is 0.272 e. The lowest BCUT2D eigenvalue weighted by atomic mass is 9.99. The second-order valence-corrected chi connectivity index (χ2v) is 6.84. The van der Waals surface area contributed by atoms with E-state index in [0.29, 0.717) is 11.7 Å². The third-order valence-electron chi connectivity index (χ3n) is 4.88. The number of aromatic nitrogens is 2. The minimum absolute atomic E-state index is 0.102. The molecule has 0 unspecified atom stereocenters. The van der Waals surface area contributed by atoms with E-state index in [9.17, 15) is 4.79 Å². The van der Waals surface area contributed by atoms with E-state index >= 15 is 0 Å². The molecule has 5 heteroatoms. The number of carbonyl (C=O) groups excluding carboxylic acids is 1. The molecule has 1 saturated heterocycles. The molecule has 1 N–H and O–H groups in total. The number of hydrogen-bond donors (Lipinski definition) is 1. The van der Waals surface area contributed by atoms with Gasteiger partial charge in [-0.05, 0) is 31.6 Å². The summed E-state index contributed by atoms with van der Waals surface area (Å²) in [4.78, 5) is 14.7. The molecule has 0 atom stereocenters. The average Bonchev–Trinajstić information content (AvgIpc) is 3.38. The summed E-state index contributed by atoms with van der Waals surface area (Å²) in [6.45, 7) is 4.31. The maximum Gasteiger partial charge on any atom is 0.272 e. The topological polar surface area (TPSA) is 58.1 Å². The van der Waals surface area contributed by atoms with E-state index in [1.807, 2.05) is 24.3 Å². The lowest BCUT2D eigenvalue weighted by Gasteiger charge is -2.31. The molecule has 1 aromatic carbocycles. The first kappa shape index (κ1) is 14.4. The Morgan fingerprint density at radius 1 is 1.09 bits per heavy atom. The van der Waals surface area contributed by atoms with Crippen molar-refractivity contribution in [2.75, 3.05) is 18.0 Å². The molecule has 0 bridgehead atoms. The molecule has 5 nitrogen and oxygen atoms in total. The highest BCUT2D eigenvalue weighted by Crippen LogP contribution is 2.29. The number of nitrogens with zero attached hydrogens (tertiary/aromatic N) is 3. The fourth-order valence-electron chi connectivity index (χ4n) is 3.19. The molecule has 0 spiro atoms. The Bertz CT molecular complexity index is 733. The van der Waals surface area contributed by atoms with Crippen molar-refractivity contribution in [2.24, 2.45) is 5.92 Å². The van der Waals surface area contributed by atoms with E-state index in [0.717, 1.165) is 48.4 Å². The number of fused-ring (bicyclic) bond motifs is 1. The lowest BCUT2D eigenvalue weighted by Crippen LogP contribution is -2.34. The van der Waals surface area contributed by atoms with E-state index in [-0.39, 0.29) is 5.91 Å². The van der Waals surface area contributed by atoms with Gasteiger partial charge < -0.3 is 10.2 Å². The summed E-state index contributed by atoms with van der Waals surface area (Å²) in [6, 6.07) is 8.31. The lowest BCUT2D eigenvalue weighted by molar-refractivity contribution is 0.0947. The molecule has 0 radical (unpaired) electrons. The summed E-state index contributed by atoms with van der Waals surface area (Å²) < 4.78 is 0. The maximum absolute atomic E-state index is 12.4. The number of piperidine rings is 1. The van der Waals surface area contributed by atoms with Gasteiger partial charge in [0, 0.05) is 29.9 Å². The third kappa shape index (κ3) is 2.87. The zero-order valence-corrected chi connectivity index (χ0v) is 13.5. The number of carbonyl (C=O) groups is 1. The molecule has 1 saturated carbocycles. The quantitative estimate of drug-likeness (QED) is 0.947. The predicted molar refractivity (Wildman–Crippen MR) is 90.6 cm³/mol. The van der Waals surface area contributed by atoms with Gasteiger partial charge >= 0.3 is 0 Å². The highest BCUT2D eigenvalue weighted by molar-refractivity contribution is 6.07. The van der Waals surface area contributed by atoms with Crippen LogP contribution in [-0.2, 0) is 0 Å². The standard InChI is InChI=1S/C18H22N4O/c1-12-8-10-22(11-9-12)17-15-5-3-2-4-14(15)16(20-21-17)18(23)19-13-6-7-13/h2-5,12-13H,6-11H2,1H3,(H,19,23). The summed E-state index contributed by atoms with van der Waals surface area (Å²) >= 11 is 0. The van der Waals surface area contributed by atoms with Crippen LogP contribution in [0.4, 0.5) is 5.82 Å². The largest absolute Gasteiger partial charge is 0.355 e. The van der Waals surface area contributed by atoms with Crippen LogP contribution in [0.3, 0.4) is 0 Å². The van der Waals surface area contributed by atoms with Crippen LogP contribution < -0.4 is 10.2 Å². The van der Waals surface area contributed by atoms with Crippen molar-refractivity contribution in [3.8, 4) is 0 Å². The Morgan fingerprint density at radius 2 is 1.78 bits per heavy atom. The highest BCUT2D eigenvalue weighted by Gasteiger charge is 2.26. The van der Waals surface area contributed by atoms with E-state index in [1.54, 1.807) is 0 Å². The first-order chi connectivity index (χ1) is 11.2. The van der Waals surface area contributed by atoms with Crippen LogP contribution >= 0.6 is 0 Å². The summed E-state index contributed by atoms with van der Waals surface area (Å²) in [7, 11) is 0. The molecule has 2 heterocycles. The summed E-state index contributed by atoms with van der Waals surface area (Å²) in [5.74, 6) is 1.58. The van der Waals surface area contributed by atoms with Crippen LogP contribution in [-0.4, -0.2) is 35.2 Å². The van der Waals surface area contributed by atoms with Crippen LogP contribution in [0.5, 0.6) is 0 Å². The Balaban J connectivity index is 1.71. The van der Waals surface area contributed by atoms with Crippen LogP contribution in [0.25, 0.3) is 10.8 Å². The van der Waals surface area contributed by atoms with Crippen molar-refractivity contribution >= 4 is 22.5 Å². The second kappa shape index (κ2) is 5.80. The Labute approximate surface area is 136 Å². The van der Waals surface area contributed by atoms with Gasteiger partial charge in [0.25, 0.3) is 5.91 Å². The normalized spacial score (nSPS) is 19.1. The molecule has 1 aliphatic heterocycles. The van der Waals surface area contributed by atoms with Gasteiger partial charge in [-0.1, -0.05) is 31.2 Å². The zero-order valence-electron chi connectivity index (χ0n) is 13.5. The molecule has 4 rings (SSSR count). The Morgan fingerprint density at radius 3 is 2.48 bits per heavy atom. The SMILES string of the molecule is CC1CCN(c2nnc(C(=O)NC3CC3)c3ccccc23)CC1. The van der Waals surface area contributed by atoms with Gasteiger partial charge in [-0.15, -0.1) is 10.2 Å². The number of amides is 1. The summed E-state index contributed by atoms with van der Waals surface area (Å²) in [5.41, 5.74) is 0.446. The molecule has 2 fully saturated rings. The van der Waals surface area contributed by atoms with E-state index < -0.39 is 0 Å². The zero-order chi connectivity index (χ0) is 15.8. The number of anilines is 1. The van der Waals surface area contributed by atoms with Crippen molar-refractivity contribution in [3.05, 3.63) is 30.0 Å². The molecular weight excluding hydrogens is 288 g/mol. The third-order valence-corrected chi connectivity index (χ3v) is 4.88. The van der Waals surface area contributed by atoms with Crippen molar-refractivity contribution in [2.45, 2.75) is 38.6 Å². The molecule has 120 valence electrons. The first-order valence-corrected chi connectivity index (χ1v) is 8.53. The molecule has 1 aromatic heterocycles. The molecule has 1 aliphatic carbocycles. The maximum atomic E-state index is 12.4. The fourth-order valence-corrected chi connectivity index (χ4v) is 3.19. The van der Waals surface area contributed by atoms with E-state index in [2.05, 4.69) is 27.3 Å². The molecular formula is C18H22N4O. The van der Waals surface area contributed by atoms with Gasteiger partial charge in [0.15, 0.2) is 11.5 Å². The van der Waals surface area contributed by atoms with Gasteiger partial charge in [-0.25, -0.2) is 0 Å². The fraction of sp³-hybridized carbons (Fsp3) is 0.500. The molecule has 1 amide bonds. The van der Waals surface area contributed by atoms with Crippen LogP contribution in [0.1, 0.15) is 43.1 Å². The van der Waals surface area contributed by atoms with E-state index in [4.69, 9.17) is 0 Å². The summed E-state index contributed by atoms with van der Waals surface area (Å²) in [6.07, 6.45) is 4.50. The average molecular weight is 310 g/mol. The predicted octanol–water partition coefficient (Wildman–Crippen LogP) is 2.76. The second-order valence-electron chi connectivity index (χ2n) is 6.84. The molecule has 23 heavy (non-hydrogen) atoms. The number of hydrogen-bond acceptors (Lipinski definition) is 4. The van der Waals surface area contributed by atoms with Crippen molar-refractivity contribution in [1.29, 1.82) is 0 Å². The van der Waals surface area contributed by atoms with Gasteiger partial charge in [0.05, 0.1) is 0 Å². The van der Waals surface area contributed by atoms with Crippen molar-refractivity contribution in [3.63, 3.8) is 0 Å². The Hall–Kier alpha value is -2.17. The van der Waals surface area contributed by atoms with Gasteiger partial charge in [0.2, 0.25) is 0 Å². The summed E-state index contributed by atoms with van der Waals surface area (Å²) in [5, 5.41) is 13.6. The first-order valence-electron chi connectivity index (χ1n) is 8.53. The van der Waals surface area contributed by atoms with E-state index in [1.165, 1.54) is 12.8 Å². The molecule has 2 aliphatic rings. The van der Waals surface area contributed by atoms with Gasteiger partial charge in [-0.3, -0.25) is 4.79 Å². The highest BCUT2D eigenvalue weighted by atomic mass is 16.2. The minimum atomic E-state index is -0.102. The van der Waals surface area contributed by atoms with Crippen molar-refractivity contribution in [1.82, 2.24) is 15.5 Å². The van der Waals surface area contributed by atoms with Crippen molar-refractivity contribution < 1.29 is 4.79 Å². The number of nitrogens with one attached hydrogen (secondary N) is 1. The monoisotopic (exact) mass is 310 g/mol. The van der Waals surface area contributed by atoms with Gasteiger partial charge in [0.1, 0.15) is 0 Å². The molecule has 2 aromatic rings. The Kier molecular flexibility index (Phi) is 3.63. The number of benzene rings is 1. The van der Waals surface area contributed by atoms with Crippen LogP contribution in [0, 0.1) is 5.92 Å². The van der Waals surface area contributed by atoms with Gasteiger partial charge in [-0.2, -0.15) is 0 Å². The van der Waals surface area contributed by atoms with Crippen LogP contribution in [0.2, 0.25) is 0 Å². The van der Waals surface area contributed by atoms with Crippen LogP contribution in [0.15, 0.2) is 24.3 Å². The number of rotatable bonds is 3.